The zero-order chi connectivity index (χ0) is 13.4. The fourth-order valence-corrected chi connectivity index (χ4v) is 2.04. The maximum atomic E-state index is 12.1. The van der Waals surface area contributed by atoms with Crippen LogP contribution in [0.3, 0.4) is 0 Å². The van der Waals surface area contributed by atoms with E-state index in [9.17, 15) is 4.79 Å². The molecule has 0 aliphatic carbocycles. The zero-order valence-electron chi connectivity index (χ0n) is 11.4. The Bertz CT molecular complexity index is 262. The van der Waals surface area contributed by atoms with E-state index >= 15 is 0 Å². The quantitative estimate of drug-likeness (QED) is 0.481. The summed E-state index contributed by atoms with van der Waals surface area (Å²) in [6.07, 6.45) is 3.50. The molecule has 104 valence electrons. The van der Waals surface area contributed by atoms with Crippen LogP contribution in [0.2, 0.25) is 0 Å². The largest absolute Gasteiger partial charge is 0.339 e. The Morgan fingerprint density at radius 3 is 2.72 bits per heavy atom. The maximum Gasteiger partial charge on any atom is 0.239 e. The summed E-state index contributed by atoms with van der Waals surface area (Å²) >= 11 is 0. The lowest BCUT2D eigenvalue weighted by atomic mass is 10.1. The van der Waals surface area contributed by atoms with Gasteiger partial charge in [0, 0.05) is 32.7 Å². The van der Waals surface area contributed by atoms with Crippen LogP contribution in [-0.4, -0.2) is 68.1 Å². The van der Waals surface area contributed by atoms with Gasteiger partial charge >= 0.3 is 0 Å². The standard InChI is InChI=1S/C13H26N4O/c1-3-6-15-7-4-5-12(14)13(18)17-10-8-16(2)9-11-17/h3,12,15H,1,4-11,14H2,2H3/t12-/m0/s1. The number of hydrogen-bond acceptors (Lipinski definition) is 4. The summed E-state index contributed by atoms with van der Waals surface area (Å²) in [4.78, 5) is 16.2. The SMILES string of the molecule is C=CCNCCC[C@H](N)C(=O)N1CCN(C)CC1. The zero-order valence-corrected chi connectivity index (χ0v) is 11.4. The highest BCUT2D eigenvalue weighted by Crippen LogP contribution is 2.04. The number of carbonyl (C=O) groups excluding carboxylic acids is 1. The van der Waals surface area contributed by atoms with Crippen LogP contribution in [0.25, 0.3) is 0 Å². The molecule has 1 atom stereocenters. The van der Waals surface area contributed by atoms with Crippen molar-refractivity contribution in [2.75, 3.05) is 46.3 Å². The van der Waals surface area contributed by atoms with Crippen molar-refractivity contribution < 1.29 is 4.79 Å². The average molecular weight is 254 g/mol. The molecule has 0 saturated carbocycles. The first kappa shape index (κ1) is 15.1. The first-order valence-corrected chi connectivity index (χ1v) is 6.69. The van der Waals surface area contributed by atoms with Crippen molar-refractivity contribution in [3.63, 3.8) is 0 Å². The van der Waals surface area contributed by atoms with Crippen molar-refractivity contribution in [1.82, 2.24) is 15.1 Å². The van der Waals surface area contributed by atoms with E-state index in [2.05, 4.69) is 23.8 Å². The van der Waals surface area contributed by atoms with Crippen LogP contribution in [0.15, 0.2) is 12.7 Å². The second-order valence-corrected chi connectivity index (χ2v) is 4.87. The van der Waals surface area contributed by atoms with Crippen LogP contribution in [0.4, 0.5) is 0 Å². The lowest BCUT2D eigenvalue weighted by Gasteiger charge is -2.33. The van der Waals surface area contributed by atoms with Gasteiger partial charge in [-0.3, -0.25) is 4.79 Å². The Morgan fingerprint density at radius 2 is 2.11 bits per heavy atom. The number of amides is 1. The Hall–Kier alpha value is -0.910. The van der Waals surface area contributed by atoms with Gasteiger partial charge in [-0.25, -0.2) is 0 Å². The van der Waals surface area contributed by atoms with Crippen molar-refractivity contribution >= 4 is 5.91 Å². The summed E-state index contributed by atoms with van der Waals surface area (Å²) in [6.45, 7) is 8.82. The molecule has 1 aliphatic rings. The molecule has 1 aliphatic heterocycles. The number of likely N-dealkylation sites (N-methyl/N-ethyl adjacent to an activating group) is 1. The normalized spacial score (nSPS) is 18.7. The molecule has 0 aromatic rings. The number of rotatable bonds is 7. The molecule has 0 unspecified atom stereocenters. The van der Waals surface area contributed by atoms with Crippen LogP contribution >= 0.6 is 0 Å². The molecular weight excluding hydrogens is 228 g/mol. The first-order valence-electron chi connectivity index (χ1n) is 6.69. The van der Waals surface area contributed by atoms with E-state index in [1.54, 1.807) is 0 Å². The summed E-state index contributed by atoms with van der Waals surface area (Å²) in [6, 6.07) is -0.348. The molecule has 1 amide bonds. The molecule has 0 spiro atoms. The van der Waals surface area contributed by atoms with Crippen LogP contribution < -0.4 is 11.1 Å². The van der Waals surface area contributed by atoms with Gasteiger partial charge in [0.1, 0.15) is 0 Å². The number of hydrogen-bond donors (Lipinski definition) is 2. The third-order valence-electron chi connectivity index (χ3n) is 3.29. The van der Waals surface area contributed by atoms with Gasteiger partial charge in [-0.05, 0) is 26.4 Å². The molecule has 0 aromatic heterocycles. The molecule has 5 nitrogen and oxygen atoms in total. The van der Waals surface area contributed by atoms with E-state index in [-0.39, 0.29) is 11.9 Å². The number of nitrogens with zero attached hydrogens (tertiary/aromatic N) is 2. The summed E-state index contributed by atoms with van der Waals surface area (Å²) in [5.41, 5.74) is 5.94. The molecule has 3 N–H and O–H groups in total. The predicted molar refractivity (Wildman–Crippen MR) is 74.4 cm³/mol. The van der Waals surface area contributed by atoms with E-state index in [0.29, 0.717) is 0 Å². The Morgan fingerprint density at radius 1 is 1.44 bits per heavy atom. The third-order valence-corrected chi connectivity index (χ3v) is 3.29. The fourth-order valence-electron chi connectivity index (χ4n) is 2.04. The lowest BCUT2D eigenvalue weighted by Crippen LogP contribution is -2.52. The number of nitrogens with two attached hydrogens (primary N) is 1. The minimum absolute atomic E-state index is 0.104. The molecule has 0 aromatic carbocycles. The smallest absolute Gasteiger partial charge is 0.239 e. The number of nitrogens with one attached hydrogen (secondary N) is 1. The summed E-state index contributed by atoms with van der Waals surface area (Å²) in [7, 11) is 2.08. The van der Waals surface area contributed by atoms with Crippen LogP contribution in [0.5, 0.6) is 0 Å². The lowest BCUT2D eigenvalue weighted by molar-refractivity contribution is -0.134. The highest BCUT2D eigenvalue weighted by molar-refractivity contribution is 5.81. The monoisotopic (exact) mass is 254 g/mol. The summed E-state index contributed by atoms with van der Waals surface area (Å²) < 4.78 is 0. The Balaban J connectivity index is 2.18. The van der Waals surface area contributed by atoms with Gasteiger partial charge in [0.2, 0.25) is 5.91 Å². The van der Waals surface area contributed by atoms with Gasteiger partial charge in [-0.1, -0.05) is 6.08 Å². The van der Waals surface area contributed by atoms with E-state index in [4.69, 9.17) is 5.73 Å². The predicted octanol–water partition coefficient (Wildman–Crippen LogP) is -0.356. The highest BCUT2D eigenvalue weighted by atomic mass is 16.2. The summed E-state index contributed by atoms with van der Waals surface area (Å²) in [5, 5.41) is 3.21. The van der Waals surface area contributed by atoms with Crippen molar-refractivity contribution in [1.29, 1.82) is 0 Å². The van der Waals surface area contributed by atoms with Crippen molar-refractivity contribution in [2.24, 2.45) is 5.73 Å². The molecule has 0 bridgehead atoms. The Kier molecular flexibility index (Phi) is 6.93. The van der Waals surface area contributed by atoms with Gasteiger partial charge in [0.05, 0.1) is 6.04 Å². The number of carbonyl (C=O) groups is 1. The minimum Gasteiger partial charge on any atom is -0.339 e. The van der Waals surface area contributed by atoms with E-state index in [1.807, 2.05) is 11.0 Å². The van der Waals surface area contributed by atoms with Gasteiger partial charge in [0.25, 0.3) is 0 Å². The van der Waals surface area contributed by atoms with Crippen LogP contribution in [-0.2, 0) is 4.79 Å². The topological polar surface area (TPSA) is 61.6 Å². The second-order valence-electron chi connectivity index (χ2n) is 4.87. The van der Waals surface area contributed by atoms with Crippen molar-refractivity contribution in [3.05, 3.63) is 12.7 Å². The first-order chi connectivity index (χ1) is 8.65. The van der Waals surface area contributed by atoms with Gasteiger partial charge in [-0.2, -0.15) is 0 Å². The molecule has 18 heavy (non-hydrogen) atoms. The van der Waals surface area contributed by atoms with Gasteiger partial charge in [-0.15, -0.1) is 6.58 Å². The van der Waals surface area contributed by atoms with Gasteiger partial charge < -0.3 is 20.9 Å². The number of piperazine rings is 1. The molecule has 1 heterocycles. The van der Waals surface area contributed by atoms with Gasteiger partial charge in [0.15, 0.2) is 0 Å². The highest BCUT2D eigenvalue weighted by Gasteiger charge is 2.23. The van der Waals surface area contributed by atoms with Crippen LogP contribution in [0.1, 0.15) is 12.8 Å². The fraction of sp³-hybridized carbons (Fsp3) is 0.769. The minimum atomic E-state index is -0.348. The van der Waals surface area contributed by atoms with E-state index in [0.717, 1.165) is 52.1 Å². The van der Waals surface area contributed by atoms with Crippen molar-refractivity contribution in [3.8, 4) is 0 Å². The maximum absolute atomic E-state index is 12.1. The van der Waals surface area contributed by atoms with E-state index < -0.39 is 0 Å². The molecular formula is C13H26N4O. The van der Waals surface area contributed by atoms with E-state index in [1.165, 1.54) is 0 Å². The molecule has 1 fully saturated rings. The average Bonchev–Trinajstić information content (AvgIpc) is 2.38. The molecule has 1 rings (SSSR count). The molecule has 5 heteroatoms. The molecule has 0 radical (unpaired) electrons. The third kappa shape index (κ3) is 5.16. The second kappa shape index (κ2) is 8.24. The summed E-state index contributed by atoms with van der Waals surface area (Å²) in [5.74, 6) is 0.104. The van der Waals surface area contributed by atoms with Crippen molar-refractivity contribution in [2.45, 2.75) is 18.9 Å². The molecule has 1 saturated heterocycles. The van der Waals surface area contributed by atoms with Crippen LogP contribution in [0, 0.1) is 0 Å². The Labute approximate surface area is 110 Å².